The van der Waals surface area contributed by atoms with Crippen molar-refractivity contribution in [1.82, 2.24) is 10.3 Å². The summed E-state index contributed by atoms with van der Waals surface area (Å²) < 4.78 is 0. The maximum absolute atomic E-state index is 9.55. The summed E-state index contributed by atoms with van der Waals surface area (Å²) in [5, 5.41) is 12.4. The summed E-state index contributed by atoms with van der Waals surface area (Å²) in [5.41, 5.74) is 9.10. The SMILES string of the molecule is CN/C=C\C(N)=N/c1nc(-c2ccc(N3CCCC3)c(C#N)c2)cc[nH+]1. The van der Waals surface area contributed by atoms with Gasteiger partial charge in [-0.15, -0.1) is 0 Å². The van der Waals surface area contributed by atoms with Gasteiger partial charge in [-0.3, -0.25) is 0 Å². The molecule has 132 valence electrons. The highest BCUT2D eigenvalue weighted by molar-refractivity contribution is 5.92. The fourth-order valence-corrected chi connectivity index (χ4v) is 2.94. The highest BCUT2D eigenvalue weighted by Crippen LogP contribution is 2.28. The number of hydrogen-bond donors (Lipinski definition) is 2. The molecular weight excluding hydrogens is 326 g/mol. The van der Waals surface area contributed by atoms with E-state index < -0.39 is 0 Å². The first-order valence-electron chi connectivity index (χ1n) is 8.57. The van der Waals surface area contributed by atoms with Crippen LogP contribution in [-0.4, -0.2) is 31.0 Å². The van der Waals surface area contributed by atoms with Crippen molar-refractivity contribution < 1.29 is 4.98 Å². The predicted molar refractivity (Wildman–Crippen MR) is 102 cm³/mol. The lowest BCUT2D eigenvalue weighted by Gasteiger charge is -2.19. The Kier molecular flexibility index (Phi) is 5.44. The lowest BCUT2D eigenvalue weighted by atomic mass is 10.1. The van der Waals surface area contributed by atoms with E-state index in [-0.39, 0.29) is 0 Å². The van der Waals surface area contributed by atoms with Crippen molar-refractivity contribution in [1.29, 1.82) is 5.26 Å². The van der Waals surface area contributed by atoms with Gasteiger partial charge in [-0.25, -0.2) is 4.98 Å². The van der Waals surface area contributed by atoms with E-state index in [0.29, 0.717) is 17.3 Å². The summed E-state index contributed by atoms with van der Waals surface area (Å²) in [4.78, 5) is 14.0. The van der Waals surface area contributed by atoms with E-state index in [9.17, 15) is 5.26 Å². The molecule has 0 unspecified atom stereocenters. The van der Waals surface area contributed by atoms with Crippen LogP contribution in [0.3, 0.4) is 0 Å². The molecule has 0 spiro atoms. The van der Waals surface area contributed by atoms with Gasteiger partial charge in [0.2, 0.25) is 5.84 Å². The van der Waals surface area contributed by atoms with Gasteiger partial charge in [0.1, 0.15) is 6.07 Å². The molecule has 0 bridgehead atoms. The quantitative estimate of drug-likeness (QED) is 0.633. The molecule has 1 aliphatic heterocycles. The lowest BCUT2D eigenvalue weighted by molar-refractivity contribution is -0.366. The normalized spacial score (nSPS) is 14.6. The molecule has 2 aromatic rings. The van der Waals surface area contributed by atoms with Crippen LogP contribution in [0.25, 0.3) is 11.3 Å². The van der Waals surface area contributed by atoms with Crippen LogP contribution in [0.1, 0.15) is 18.4 Å². The minimum absolute atomic E-state index is 0.336. The molecule has 0 radical (unpaired) electrons. The van der Waals surface area contributed by atoms with Gasteiger partial charge in [0, 0.05) is 44.0 Å². The average molecular weight is 348 g/mol. The highest BCUT2D eigenvalue weighted by atomic mass is 15.1. The summed E-state index contributed by atoms with van der Waals surface area (Å²) in [6.07, 6.45) is 7.46. The van der Waals surface area contributed by atoms with Crippen LogP contribution in [0, 0.1) is 11.3 Å². The Hall–Kier alpha value is -3.40. The largest absolute Gasteiger partial charge is 0.433 e. The molecule has 26 heavy (non-hydrogen) atoms. The first-order valence-corrected chi connectivity index (χ1v) is 8.57. The fraction of sp³-hybridized carbons (Fsp3) is 0.263. The maximum Gasteiger partial charge on any atom is 0.433 e. The van der Waals surface area contributed by atoms with E-state index in [1.54, 1.807) is 25.5 Å². The number of aromatic nitrogens is 2. The van der Waals surface area contributed by atoms with Crippen LogP contribution in [0.15, 0.2) is 47.7 Å². The first-order chi connectivity index (χ1) is 12.7. The molecule has 2 heterocycles. The van der Waals surface area contributed by atoms with E-state index in [2.05, 4.69) is 31.2 Å². The Morgan fingerprint density at radius 1 is 1.38 bits per heavy atom. The Balaban J connectivity index is 1.91. The molecule has 1 fully saturated rings. The second-order valence-electron chi connectivity index (χ2n) is 5.99. The number of benzene rings is 1. The minimum Gasteiger partial charge on any atom is -0.394 e. The summed E-state index contributed by atoms with van der Waals surface area (Å²) >= 11 is 0. The standard InChI is InChI=1S/C19H21N7/c1-22-8-7-18(21)25-19-23-9-6-16(24-19)14-4-5-17(15(12-14)13-20)26-10-2-3-11-26/h4-9,12,22H,2-3,10-11H2,1H3,(H2,21,23,24,25)/p+1/b8-7-. The van der Waals surface area contributed by atoms with Gasteiger partial charge in [0.25, 0.3) is 0 Å². The number of rotatable bonds is 5. The van der Waals surface area contributed by atoms with Gasteiger partial charge < -0.3 is 16.0 Å². The number of aliphatic imine (C=N–C) groups is 1. The smallest absolute Gasteiger partial charge is 0.394 e. The second-order valence-corrected chi connectivity index (χ2v) is 5.99. The van der Waals surface area contributed by atoms with Crippen LogP contribution < -0.4 is 20.9 Å². The molecule has 3 rings (SSSR count). The van der Waals surface area contributed by atoms with Crippen LogP contribution in [0.4, 0.5) is 11.6 Å². The molecule has 7 nitrogen and oxygen atoms in total. The van der Waals surface area contributed by atoms with Gasteiger partial charge in [0.05, 0.1) is 17.4 Å². The van der Waals surface area contributed by atoms with Crippen LogP contribution in [0.2, 0.25) is 0 Å². The number of nitrogens with one attached hydrogen (secondary N) is 2. The van der Waals surface area contributed by atoms with Gasteiger partial charge in [-0.2, -0.15) is 5.26 Å². The minimum atomic E-state index is 0.336. The highest BCUT2D eigenvalue weighted by Gasteiger charge is 2.17. The molecule has 1 aromatic heterocycles. The number of H-pyrrole nitrogens is 1. The number of nitrogens with zero attached hydrogens (tertiary/aromatic N) is 4. The van der Waals surface area contributed by atoms with Crippen LogP contribution >= 0.6 is 0 Å². The fourth-order valence-electron chi connectivity index (χ4n) is 2.94. The summed E-state index contributed by atoms with van der Waals surface area (Å²) in [6, 6.07) is 10.0. The van der Waals surface area contributed by atoms with Crippen molar-refractivity contribution in [2.45, 2.75) is 12.8 Å². The zero-order valence-electron chi connectivity index (χ0n) is 14.7. The third-order valence-electron chi connectivity index (χ3n) is 4.20. The second kappa shape index (κ2) is 8.12. The third kappa shape index (κ3) is 3.98. The molecule has 0 saturated carbocycles. The van der Waals surface area contributed by atoms with Gasteiger partial charge in [0.15, 0.2) is 5.69 Å². The van der Waals surface area contributed by atoms with Crippen molar-refractivity contribution >= 4 is 17.5 Å². The van der Waals surface area contributed by atoms with E-state index in [1.807, 2.05) is 24.3 Å². The maximum atomic E-state index is 9.55. The molecule has 0 amide bonds. The molecule has 7 heteroatoms. The predicted octanol–water partition coefficient (Wildman–Crippen LogP) is 1.76. The summed E-state index contributed by atoms with van der Waals surface area (Å²) in [6.45, 7) is 2.01. The number of hydrogen-bond acceptors (Lipinski definition) is 5. The van der Waals surface area contributed by atoms with Gasteiger partial charge >= 0.3 is 5.95 Å². The van der Waals surface area contributed by atoms with Crippen molar-refractivity contribution in [3.63, 3.8) is 0 Å². The monoisotopic (exact) mass is 348 g/mol. The van der Waals surface area contributed by atoms with Crippen molar-refractivity contribution in [2.75, 3.05) is 25.0 Å². The number of nitrogens with two attached hydrogens (primary N) is 1. The first kappa shape index (κ1) is 17.4. The lowest BCUT2D eigenvalue weighted by Crippen LogP contribution is -2.18. The van der Waals surface area contributed by atoms with E-state index >= 15 is 0 Å². The van der Waals surface area contributed by atoms with E-state index in [0.717, 1.165) is 30.0 Å². The van der Waals surface area contributed by atoms with Crippen molar-refractivity contribution in [2.24, 2.45) is 10.7 Å². The van der Waals surface area contributed by atoms with E-state index in [4.69, 9.17) is 5.73 Å². The number of amidine groups is 1. The van der Waals surface area contributed by atoms with Crippen LogP contribution in [-0.2, 0) is 0 Å². The Labute approximate surface area is 152 Å². The van der Waals surface area contributed by atoms with E-state index in [1.165, 1.54) is 12.8 Å². The summed E-state index contributed by atoms with van der Waals surface area (Å²) in [5.74, 6) is 0.741. The number of anilines is 1. The molecule has 0 aliphatic carbocycles. The molecule has 1 aromatic carbocycles. The zero-order valence-corrected chi connectivity index (χ0v) is 14.7. The molecule has 0 atom stereocenters. The number of aromatic amines is 1. The average Bonchev–Trinajstić information content (AvgIpc) is 3.20. The summed E-state index contributed by atoms with van der Waals surface area (Å²) in [7, 11) is 1.79. The topological polar surface area (TPSA) is 104 Å². The zero-order chi connectivity index (χ0) is 18.4. The Bertz CT molecular complexity index is 874. The van der Waals surface area contributed by atoms with Crippen LogP contribution in [0.5, 0.6) is 0 Å². The van der Waals surface area contributed by atoms with Crippen molar-refractivity contribution in [3.8, 4) is 17.3 Å². The van der Waals surface area contributed by atoms with Crippen molar-refractivity contribution in [3.05, 3.63) is 48.3 Å². The molecule has 1 aliphatic rings. The molecule has 1 saturated heterocycles. The molecule has 4 N–H and O–H groups in total. The third-order valence-corrected chi connectivity index (χ3v) is 4.20. The number of nitriles is 1. The molecular formula is C19H22N7+. The Morgan fingerprint density at radius 2 is 2.19 bits per heavy atom. The Morgan fingerprint density at radius 3 is 2.92 bits per heavy atom. The van der Waals surface area contributed by atoms with Gasteiger partial charge in [-0.1, -0.05) is 9.98 Å². The van der Waals surface area contributed by atoms with Gasteiger partial charge in [-0.05, 0) is 31.0 Å².